The van der Waals surface area contributed by atoms with Crippen molar-refractivity contribution < 1.29 is 9.13 Å². The fraction of sp³-hybridized carbons (Fsp3) is 0.312. The Kier molecular flexibility index (Phi) is 4.69. The zero-order valence-corrected chi connectivity index (χ0v) is 11.9. The van der Waals surface area contributed by atoms with Crippen LogP contribution in [0.15, 0.2) is 42.7 Å². The molecule has 2 unspecified atom stereocenters. The summed E-state index contributed by atoms with van der Waals surface area (Å²) in [5.74, 6) is -0.0751. The van der Waals surface area contributed by atoms with Crippen LogP contribution in [0.5, 0.6) is 5.75 Å². The molecule has 1 N–H and O–H groups in total. The van der Waals surface area contributed by atoms with Gasteiger partial charge in [0.05, 0.1) is 7.11 Å². The van der Waals surface area contributed by atoms with Crippen LogP contribution in [0.3, 0.4) is 0 Å². The number of methoxy groups -OCH3 is 1. The molecule has 2 aromatic rings. The number of nitrogens with one attached hydrogen (secondary N) is 1. The summed E-state index contributed by atoms with van der Waals surface area (Å²) in [6.45, 7) is 4.07. The molecular weight excluding hydrogens is 255 g/mol. The molecule has 4 heteroatoms. The summed E-state index contributed by atoms with van der Waals surface area (Å²) >= 11 is 0. The number of rotatable bonds is 5. The SMILES string of the molecule is COc1ccc(C(C)NC(C)c2cccnc2)cc1F. The van der Waals surface area contributed by atoms with E-state index in [1.165, 1.54) is 13.2 Å². The minimum atomic E-state index is -0.340. The summed E-state index contributed by atoms with van der Waals surface area (Å²) in [7, 11) is 1.46. The lowest BCUT2D eigenvalue weighted by Crippen LogP contribution is -2.22. The second-order valence-electron chi connectivity index (χ2n) is 4.79. The highest BCUT2D eigenvalue weighted by molar-refractivity contribution is 5.31. The second kappa shape index (κ2) is 6.48. The van der Waals surface area contributed by atoms with Crippen LogP contribution in [-0.4, -0.2) is 12.1 Å². The molecule has 0 fully saturated rings. The third-order valence-corrected chi connectivity index (χ3v) is 3.36. The highest BCUT2D eigenvalue weighted by atomic mass is 19.1. The summed E-state index contributed by atoms with van der Waals surface area (Å²) in [5.41, 5.74) is 1.99. The van der Waals surface area contributed by atoms with Crippen LogP contribution in [-0.2, 0) is 0 Å². The smallest absolute Gasteiger partial charge is 0.165 e. The standard InChI is InChI=1S/C16H19FN2O/c1-11(13-6-7-16(20-3)15(17)9-13)19-12(2)14-5-4-8-18-10-14/h4-12,19H,1-3H3. The molecule has 0 aliphatic rings. The molecule has 0 aliphatic heterocycles. The van der Waals surface area contributed by atoms with Crippen LogP contribution in [0.25, 0.3) is 0 Å². The van der Waals surface area contributed by atoms with Gasteiger partial charge < -0.3 is 10.1 Å². The van der Waals surface area contributed by atoms with Gasteiger partial charge >= 0.3 is 0 Å². The van der Waals surface area contributed by atoms with E-state index in [2.05, 4.69) is 17.2 Å². The van der Waals surface area contributed by atoms with E-state index in [1.807, 2.05) is 31.3 Å². The van der Waals surface area contributed by atoms with E-state index in [4.69, 9.17) is 4.74 Å². The van der Waals surface area contributed by atoms with Crippen molar-refractivity contribution in [2.45, 2.75) is 25.9 Å². The summed E-state index contributed by atoms with van der Waals surface area (Å²) < 4.78 is 18.6. The topological polar surface area (TPSA) is 34.1 Å². The fourth-order valence-electron chi connectivity index (χ4n) is 2.15. The van der Waals surface area contributed by atoms with Gasteiger partial charge in [0.2, 0.25) is 0 Å². The maximum Gasteiger partial charge on any atom is 0.165 e. The fourth-order valence-corrected chi connectivity index (χ4v) is 2.15. The Morgan fingerprint density at radius 3 is 2.50 bits per heavy atom. The average Bonchev–Trinajstić information content (AvgIpc) is 2.48. The first-order chi connectivity index (χ1) is 9.61. The van der Waals surface area contributed by atoms with Crippen LogP contribution >= 0.6 is 0 Å². The Labute approximate surface area is 118 Å². The van der Waals surface area contributed by atoms with Gasteiger partial charge in [-0.25, -0.2) is 4.39 Å². The Hall–Kier alpha value is -1.94. The molecule has 0 bridgehead atoms. The Bertz CT molecular complexity index is 560. The highest BCUT2D eigenvalue weighted by Gasteiger charge is 2.13. The summed E-state index contributed by atoms with van der Waals surface area (Å²) in [4.78, 5) is 4.11. The van der Waals surface area contributed by atoms with Gasteiger partial charge in [-0.2, -0.15) is 0 Å². The quantitative estimate of drug-likeness (QED) is 0.903. The molecule has 106 valence electrons. The van der Waals surface area contributed by atoms with Crippen molar-refractivity contribution in [1.82, 2.24) is 10.3 Å². The van der Waals surface area contributed by atoms with Gasteiger partial charge in [0.25, 0.3) is 0 Å². The Morgan fingerprint density at radius 2 is 1.90 bits per heavy atom. The zero-order valence-electron chi connectivity index (χ0n) is 11.9. The van der Waals surface area contributed by atoms with E-state index in [0.29, 0.717) is 0 Å². The third kappa shape index (κ3) is 3.33. The molecule has 20 heavy (non-hydrogen) atoms. The minimum absolute atomic E-state index is 0.0330. The number of hydrogen-bond acceptors (Lipinski definition) is 3. The van der Waals surface area contributed by atoms with Gasteiger partial charge in [-0.05, 0) is 43.2 Å². The largest absolute Gasteiger partial charge is 0.494 e. The van der Waals surface area contributed by atoms with Crippen molar-refractivity contribution in [3.63, 3.8) is 0 Å². The molecule has 3 nitrogen and oxygen atoms in total. The van der Waals surface area contributed by atoms with Gasteiger partial charge in [-0.15, -0.1) is 0 Å². The first-order valence-corrected chi connectivity index (χ1v) is 6.61. The molecule has 1 aromatic heterocycles. The van der Waals surface area contributed by atoms with E-state index < -0.39 is 0 Å². The van der Waals surface area contributed by atoms with Crippen molar-refractivity contribution in [3.05, 3.63) is 59.7 Å². The van der Waals surface area contributed by atoms with E-state index in [1.54, 1.807) is 12.3 Å². The number of halogens is 1. The Balaban J connectivity index is 2.08. The van der Waals surface area contributed by atoms with E-state index in [9.17, 15) is 4.39 Å². The number of aromatic nitrogens is 1. The average molecular weight is 274 g/mol. The summed E-state index contributed by atoms with van der Waals surface area (Å²) in [6, 6.07) is 9.13. The third-order valence-electron chi connectivity index (χ3n) is 3.36. The van der Waals surface area contributed by atoms with Gasteiger partial charge in [0.15, 0.2) is 11.6 Å². The molecule has 0 amide bonds. The maximum atomic E-state index is 13.7. The van der Waals surface area contributed by atoms with Crippen molar-refractivity contribution in [2.75, 3.05) is 7.11 Å². The van der Waals surface area contributed by atoms with Gasteiger partial charge in [-0.3, -0.25) is 4.98 Å². The predicted octanol–water partition coefficient (Wildman–Crippen LogP) is 3.64. The molecule has 1 aromatic carbocycles. The number of benzene rings is 1. The lowest BCUT2D eigenvalue weighted by Gasteiger charge is -2.21. The summed E-state index contributed by atoms with van der Waals surface area (Å²) in [5, 5.41) is 3.43. The lowest BCUT2D eigenvalue weighted by molar-refractivity contribution is 0.385. The van der Waals surface area contributed by atoms with Gasteiger partial charge in [0.1, 0.15) is 0 Å². The summed E-state index contributed by atoms with van der Waals surface area (Å²) in [6.07, 6.45) is 3.58. The molecule has 1 heterocycles. The van der Waals surface area contributed by atoms with Gasteiger partial charge in [-0.1, -0.05) is 12.1 Å². The van der Waals surface area contributed by atoms with E-state index in [0.717, 1.165) is 11.1 Å². The highest BCUT2D eigenvalue weighted by Crippen LogP contribution is 2.23. The minimum Gasteiger partial charge on any atom is -0.494 e. The molecular formula is C16H19FN2O. The molecule has 2 rings (SSSR count). The number of ether oxygens (including phenoxy) is 1. The lowest BCUT2D eigenvalue weighted by atomic mass is 10.0. The molecule has 0 saturated heterocycles. The van der Waals surface area contributed by atoms with Gasteiger partial charge in [0, 0.05) is 24.5 Å². The maximum absolute atomic E-state index is 13.7. The molecule has 0 spiro atoms. The number of nitrogens with zero attached hydrogens (tertiary/aromatic N) is 1. The van der Waals surface area contributed by atoms with Crippen LogP contribution < -0.4 is 10.1 Å². The van der Waals surface area contributed by atoms with E-state index >= 15 is 0 Å². The van der Waals surface area contributed by atoms with Crippen LogP contribution in [0.2, 0.25) is 0 Å². The predicted molar refractivity (Wildman–Crippen MR) is 77.2 cm³/mol. The molecule has 0 radical (unpaired) electrons. The van der Waals surface area contributed by atoms with Crippen molar-refractivity contribution >= 4 is 0 Å². The first-order valence-electron chi connectivity index (χ1n) is 6.61. The molecule has 0 aliphatic carbocycles. The molecule has 2 atom stereocenters. The van der Waals surface area contributed by atoms with Crippen molar-refractivity contribution in [1.29, 1.82) is 0 Å². The number of hydrogen-bond donors (Lipinski definition) is 1. The normalized spacial score (nSPS) is 13.8. The van der Waals surface area contributed by atoms with Crippen LogP contribution in [0, 0.1) is 5.82 Å². The molecule has 0 saturated carbocycles. The monoisotopic (exact) mass is 274 g/mol. The zero-order chi connectivity index (χ0) is 14.5. The second-order valence-corrected chi connectivity index (χ2v) is 4.79. The van der Waals surface area contributed by atoms with Crippen LogP contribution in [0.1, 0.15) is 37.1 Å². The van der Waals surface area contributed by atoms with E-state index in [-0.39, 0.29) is 23.7 Å². The Morgan fingerprint density at radius 1 is 1.15 bits per heavy atom. The van der Waals surface area contributed by atoms with Crippen molar-refractivity contribution in [2.24, 2.45) is 0 Å². The number of pyridine rings is 1. The van der Waals surface area contributed by atoms with Crippen molar-refractivity contribution in [3.8, 4) is 5.75 Å². The first kappa shape index (κ1) is 14.5. The van der Waals surface area contributed by atoms with Crippen LogP contribution in [0.4, 0.5) is 4.39 Å².